The molecular formula is C10H16O2. The number of ketones is 2. The fourth-order valence-corrected chi connectivity index (χ4v) is 1.12. The van der Waals surface area contributed by atoms with E-state index in [0.29, 0.717) is 0 Å². The molecule has 68 valence electrons. The number of Topliss-reactive ketones (excluding diaryl/α,β-unsaturated/α-hetero) is 2. The molecule has 0 saturated heterocycles. The van der Waals surface area contributed by atoms with E-state index < -0.39 is 0 Å². The van der Waals surface area contributed by atoms with E-state index in [-0.39, 0.29) is 29.8 Å². The lowest BCUT2D eigenvalue weighted by Gasteiger charge is -2.05. The van der Waals surface area contributed by atoms with E-state index in [1.54, 1.807) is 0 Å². The van der Waals surface area contributed by atoms with Crippen molar-refractivity contribution in [3.8, 4) is 0 Å². The number of carbonyl (C=O) groups is 2. The van der Waals surface area contributed by atoms with Crippen LogP contribution in [0.5, 0.6) is 0 Å². The average Bonchev–Trinajstić information content (AvgIpc) is 2.84. The summed E-state index contributed by atoms with van der Waals surface area (Å²) in [6.45, 7) is 3.87. The van der Waals surface area contributed by atoms with Crippen LogP contribution in [0.1, 0.15) is 39.5 Å². The Kier molecular flexibility index (Phi) is 3.01. The van der Waals surface area contributed by atoms with Crippen molar-refractivity contribution in [1.82, 2.24) is 0 Å². The van der Waals surface area contributed by atoms with E-state index >= 15 is 0 Å². The van der Waals surface area contributed by atoms with E-state index in [1.807, 2.05) is 13.8 Å². The Morgan fingerprint density at radius 1 is 1.42 bits per heavy atom. The summed E-state index contributed by atoms with van der Waals surface area (Å²) in [5.41, 5.74) is 0. The minimum Gasteiger partial charge on any atom is -0.299 e. The standard InChI is InChI=1S/C10H16O2/c1-3-7(2)9(11)6-10(12)8-4-5-8/h7-8H,3-6H2,1-2H3. The normalized spacial score (nSPS) is 18.8. The van der Waals surface area contributed by atoms with E-state index in [2.05, 4.69) is 0 Å². The van der Waals surface area contributed by atoms with E-state index in [9.17, 15) is 9.59 Å². The van der Waals surface area contributed by atoms with Gasteiger partial charge < -0.3 is 0 Å². The van der Waals surface area contributed by atoms with Gasteiger partial charge in [-0.25, -0.2) is 0 Å². The van der Waals surface area contributed by atoms with Gasteiger partial charge >= 0.3 is 0 Å². The first-order chi connectivity index (χ1) is 5.65. The molecule has 0 spiro atoms. The molecule has 0 aromatic carbocycles. The molecule has 0 amide bonds. The summed E-state index contributed by atoms with van der Waals surface area (Å²) in [5, 5.41) is 0. The largest absolute Gasteiger partial charge is 0.299 e. The van der Waals surface area contributed by atoms with Crippen LogP contribution in [0.15, 0.2) is 0 Å². The monoisotopic (exact) mass is 168 g/mol. The molecule has 0 radical (unpaired) electrons. The highest BCUT2D eigenvalue weighted by atomic mass is 16.1. The second-order valence-corrected chi connectivity index (χ2v) is 3.69. The van der Waals surface area contributed by atoms with Gasteiger partial charge in [0.1, 0.15) is 11.6 Å². The van der Waals surface area contributed by atoms with Gasteiger partial charge in [0, 0.05) is 11.8 Å². The fraction of sp³-hybridized carbons (Fsp3) is 0.800. The van der Waals surface area contributed by atoms with Crippen molar-refractivity contribution in [3.05, 3.63) is 0 Å². The Morgan fingerprint density at radius 3 is 2.42 bits per heavy atom. The third-order valence-corrected chi connectivity index (χ3v) is 2.54. The van der Waals surface area contributed by atoms with Crippen LogP contribution in [-0.2, 0) is 9.59 Å². The first-order valence-electron chi connectivity index (χ1n) is 4.70. The van der Waals surface area contributed by atoms with Crippen molar-refractivity contribution >= 4 is 11.6 Å². The Bertz CT molecular complexity index is 192. The summed E-state index contributed by atoms with van der Waals surface area (Å²) in [6, 6.07) is 0. The first-order valence-corrected chi connectivity index (χ1v) is 4.70. The molecule has 2 nitrogen and oxygen atoms in total. The molecule has 0 N–H and O–H groups in total. The van der Waals surface area contributed by atoms with Crippen molar-refractivity contribution in [2.45, 2.75) is 39.5 Å². The molecule has 0 bridgehead atoms. The molecule has 0 aromatic rings. The van der Waals surface area contributed by atoms with Gasteiger partial charge in [-0.15, -0.1) is 0 Å². The van der Waals surface area contributed by atoms with Crippen LogP contribution >= 0.6 is 0 Å². The number of hydrogen-bond acceptors (Lipinski definition) is 2. The van der Waals surface area contributed by atoms with Crippen molar-refractivity contribution in [3.63, 3.8) is 0 Å². The molecule has 1 atom stereocenters. The highest BCUT2D eigenvalue weighted by molar-refractivity contribution is 6.01. The van der Waals surface area contributed by atoms with Gasteiger partial charge in [-0.1, -0.05) is 13.8 Å². The van der Waals surface area contributed by atoms with Gasteiger partial charge in [0.05, 0.1) is 6.42 Å². The lowest BCUT2D eigenvalue weighted by Crippen LogP contribution is -2.15. The molecule has 0 aromatic heterocycles. The number of rotatable bonds is 5. The zero-order valence-electron chi connectivity index (χ0n) is 7.80. The third-order valence-electron chi connectivity index (χ3n) is 2.54. The zero-order valence-corrected chi connectivity index (χ0v) is 7.80. The van der Waals surface area contributed by atoms with Crippen LogP contribution in [0.2, 0.25) is 0 Å². The van der Waals surface area contributed by atoms with E-state index in [4.69, 9.17) is 0 Å². The van der Waals surface area contributed by atoms with Gasteiger partial charge in [-0.05, 0) is 19.3 Å². The quantitative estimate of drug-likeness (QED) is 0.588. The van der Waals surface area contributed by atoms with Crippen LogP contribution in [-0.4, -0.2) is 11.6 Å². The first kappa shape index (κ1) is 9.43. The SMILES string of the molecule is CCC(C)C(=O)CC(=O)C1CC1. The number of carbonyl (C=O) groups excluding carboxylic acids is 2. The third kappa shape index (κ3) is 2.43. The average molecular weight is 168 g/mol. The molecule has 1 aliphatic carbocycles. The van der Waals surface area contributed by atoms with Gasteiger partial charge in [0.2, 0.25) is 0 Å². The predicted octanol–water partition coefficient (Wildman–Crippen LogP) is 1.97. The van der Waals surface area contributed by atoms with Gasteiger partial charge in [0.15, 0.2) is 0 Å². The summed E-state index contributed by atoms with van der Waals surface area (Å²) in [6.07, 6.45) is 3.04. The maximum Gasteiger partial charge on any atom is 0.143 e. The maximum absolute atomic E-state index is 11.3. The maximum atomic E-state index is 11.3. The van der Waals surface area contributed by atoms with Crippen LogP contribution in [0.25, 0.3) is 0 Å². The van der Waals surface area contributed by atoms with Gasteiger partial charge in [-0.3, -0.25) is 9.59 Å². The van der Waals surface area contributed by atoms with Crippen LogP contribution in [0, 0.1) is 11.8 Å². The summed E-state index contributed by atoms with van der Waals surface area (Å²) in [4.78, 5) is 22.5. The lowest BCUT2D eigenvalue weighted by molar-refractivity contribution is -0.129. The minimum absolute atomic E-state index is 0.0627. The van der Waals surface area contributed by atoms with Crippen molar-refractivity contribution in [2.75, 3.05) is 0 Å². The molecular weight excluding hydrogens is 152 g/mol. The Balaban J connectivity index is 2.29. The Hall–Kier alpha value is -0.660. The van der Waals surface area contributed by atoms with Crippen molar-refractivity contribution in [1.29, 1.82) is 0 Å². The zero-order chi connectivity index (χ0) is 9.14. The summed E-state index contributed by atoms with van der Waals surface area (Å²) >= 11 is 0. The molecule has 0 aliphatic heterocycles. The smallest absolute Gasteiger partial charge is 0.143 e. The predicted molar refractivity (Wildman–Crippen MR) is 46.8 cm³/mol. The minimum atomic E-state index is 0.0627. The Labute approximate surface area is 73.3 Å². The van der Waals surface area contributed by atoms with Gasteiger partial charge in [-0.2, -0.15) is 0 Å². The number of hydrogen-bond donors (Lipinski definition) is 0. The van der Waals surface area contributed by atoms with Crippen LogP contribution < -0.4 is 0 Å². The highest BCUT2D eigenvalue weighted by Crippen LogP contribution is 2.31. The van der Waals surface area contributed by atoms with Gasteiger partial charge in [0.25, 0.3) is 0 Å². The van der Waals surface area contributed by atoms with Crippen LogP contribution in [0.3, 0.4) is 0 Å². The Morgan fingerprint density at radius 2 is 2.00 bits per heavy atom. The summed E-state index contributed by atoms with van der Waals surface area (Å²) in [5.74, 6) is 0.584. The lowest BCUT2D eigenvalue weighted by atomic mass is 9.98. The summed E-state index contributed by atoms with van der Waals surface area (Å²) in [7, 11) is 0. The molecule has 12 heavy (non-hydrogen) atoms. The topological polar surface area (TPSA) is 34.1 Å². The van der Waals surface area contributed by atoms with E-state index in [0.717, 1.165) is 19.3 Å². The second-order valence-electron chi connectivity index (χ2n) is 3.69. The van der Waals surface area contributed by atoms with E-state index in [1.165, 1.54) is 0 Å². The molecule has 1 saturated carbocycles. The molecule has 1 aliphatic rings. The van der Waals surface area contributed by atoms with Crippen molar-refractivity contribution in [2.24, 2.45) is 11.8 Å². The highest BCUT2D eigenvalue weighted by Gasteiger charge is 2.31. The molecule has 0 heterocycles. The van der Waals surface area contributed by atoms with Crippen LogP contribution in [0.4, 0.5) is 0 Å². The fourth-order valence-electron chi connectivity index (χ4n) is 1.12. The molecule has 1 fully saturated rings. The van der Waals surface area contributed by atoms with Crippen molar-refractivity contribution < 1.29 is 9.59 Å². The second kappa shape index (κ2) is 3.83. The molecule has 2 heteroatoms. The molecule has 1 unspecified atom stereocenters. The molecule has 1 rings (SSSR count). The summed E-state index contributed by atoms with van der Waals surface area (Å²) < 4.78 is 0.